The number of hydrogen-bond acceptors (Lipinski definition) is 1. The Balaban J connectivity index is 3.26. The summed E-state index contributed by atoms with van der Waals surface area (Å²) in [4.78, 5) is 0. The molecule has 0 rings (SSSR count). The average Bonchev–Trinajstić information content (AvgIpc) is 2.05. The zero-order valence-electron chi connectivity index (χ0n) is 8.84. The van der Waals surface area contributed by atoms with Gasteiger partial charge in [0.25, 0.3) is 0 Å². The number of aliphatic hydroxyl groups is 1. The van der Waals surface area contributed by atoms with Gasteiger partial charge in [0.15, 0.2) is 0 Å². The van der Waals surface area contributed by atoms with E-state index in [1.807, 2.05) is 6.92 Å². The van der Waals surface area contributed by atoms with Gasteiger partial charge >= 0.3 is 0 Å². The molecule has 1 heteroatoms. The molecule has 12 heavy (non-hydrogen) atoms. The van der Waals surface area contributed by atoms with Gasteiger partial charge in [-0.25, -0.2) is 0 Å². The average molecular weight is 172 g/mol. The molecule has 0 saturated carbocycles. The van der Waals surface area contributed by atoms with Gasteiger partial charge in [0.05, 0.1) is 6.10 Å². The van der Waals surface area contributed by atoms with Crippen molar-refractivity contribution in [1.82, 2.24) is 0 Å². The molecule has 1 nitrogen and oxygen atoms in total. The van der Waals surface area contributed by atoms with Gasteiger partial charge in [0.1, 0.15) is 0 Å². The summed E-state index contributed by atoms with van der Waals surface area (Å²) in [5.74, 6) is 0.700. The minimum Gasteiger partial charge on any atom is -0.393 e. The van der Waals surface area contributed by atoms with Crippen molar-refractivity contribution >= 4 is 0 Å². The summed E-state index contributed by atoms with van der Waals surface area (Å²) < 4.78 is 0. The molecule has 0 fully saturated rings. The quantitative estimate of drug-likeness (QED) is 0.584. The summed E-state index contributed by atoms with van der Waals surface area (Å²) in [6.45, 7) is 6.52. The molecule has 0 amide bonds. The predicted molar refractivity (Wildman–Crippen MR) is 54.2 cm³/mol. The van der Waals surface area contributed by atoms with Crippen LogP contribution in [0, 0.1) is 5.92 Å². The van der Waals surface area contributed by atoms with E-state index >= 15 is 0 Å². The van der Waals surface area contributed by atoms with E-state index in [2.05, 4.69) is 13.8 Å². The van der Waals surface area contributed by atoms with Gasteiger partial charge < -0.3 is 5.11 Å². The predicted octanol–water partition coefficient (Wildman–Crippen LogP) is 3.36. The fourth-order valence-electron chi connectivity index (χ4n) is 1.49. The normalized spacial score (nSPS) is 16.0. The minimum absolute atomic E-state index is 0.0679. The van der Waals surface area contributed by atoms with Gasteiger partial charge in [-0.15, -0.1) is 0 Å². The Bertz CT molecular complexity index is 91.0. The van der Waals surface area contributed by atoms with Crippen LogP contribution in [-0.4, -0.2) is 11.2 Å². The molecule has 0 aliphatic heterocycles. The molecule has 74 valence electrons. The van der Waals surface area contributed by atoms with Gasteiger partial charge in [-0.1, -0.05) is 46.5 Å². The summed E-state index contributed by atoms with van der Waals surface area (Å²) in [5, 5.41) is 9.38. The standard InChI is InChI=1S/C11H24O/c1-4-6-7-8-10(3)9-11(12)5-2/h10-12H,4-9H2,1-3H3/t10?,11-/m0/s1. The van der Waals surface area contributed by atoms with Crippen LogP contribution >= 0.6 is 0 Å². The van der Waals surface area contributed by atoms with Crippen LogP contribution in [-0.2, 0) is 0 Å². The van der Waals surface area contributed by atoms with Crippen molar-refractivity contribution in [3.63, 3.8) is 0 Å². The van der Waals surface area contributed by atoms with E-state index in [4.69, 9.17) is 0 Å². The van der Waals surface area contributed by atoms with Crippen molar-refractivity contribution in [1.29, 1.82) is 0 Å². The Hall–Kier alpha value is -0.0400. The highest BCUT2D eigenvalue weighted by atomic mass is 16.3. The molecule has 0 radical (unpaired) electrons. The van der Waals surface area contributed by atoms with E-state index in [1.54, 1.807) is 0 Å². The molecule has 2 atom stereocenters. The summed E-state index contributed by atoms with van der Waals surface area (Å²) in [7, 11) is 0. The van der Waals surface area contributed by atoms with Gasteiger partial charge in [-0.05, 0) is 18.8 Å². The van der Waals surface area contributed by atoms with Crippen molar-refractivity contribution < 1.29 is 5.11 Å². The number of aliphatic hydroxyl groups excluding tert-OH is 1. The number of unbranched alkanes of at least 4 members (excludes halogenated alkanes) is 2. The van der Waals surface area contributed by atoms with Crippen molar-refractivity contribution in [2.24, 2.45) is 5.92 Å². The van der Waals surface area contributed by atoms with Crippen LogP contribution in [0.4, 0.5) is 0 Å². The number of rotatable bonds is 7. The van der Waals surface area contributed by atoms with Crippen LogP contribution in [0.1, 0.15) is 59.3 Å². The van der Waals surface area contributed by atoms with Crippen molar-refractivity contribution in [2.45, 2.75) is 65.4 Å². The molecule has 1 unspecified atom stereocenters. The molecule has 0 aromatic rings. The maximum atomic E-state index is 9.38. The summed E-state index contributed by atoms with van der Waals surface area (Å²) >= 11 is 0. The highest BCUT2D eigenvalue weighted by molar-refractivity contribution is 4.60. The van der Waals surface area contributed by atoms with Gasteiger partial charge in [-0.2, -0.15) is 0 Å². The molecule has 0 aromatic carbocycles. The minimum atomic E-state index is -0.0679. The Labute approximate surface area is 77.2 Å². The van der Waals surface area contributed by atoms with E-state index in [0.29, 0.717) is 5.92 Å². The second-order valence-electron chi connectivity index (χ2n) is 3.90. The van der Waals surface area contributed by atoms with Crippen LogP contribution in [0.5, 0.6) is 0 Å². The fourth-order valence-corrected chi connectivity index (χ4v) is 1.49. The molecule has 0 aromatic heterocycles. The third kappa shape index (κ3) is 6.66. The van der Waals surface area contributed by atoms with E-state index in [0.717, 1.165) is 12.8 Å². The second kappa shape index (κ2) is 7.60. The lowest BCUT2D eigenvalue weighted by Crippen LogP contribution is -2.10. The smallest absolute Gasteiger partial charge is 0.0540 e. The number of hydrogen-bond donors (Lipinski definition) is 1. The third-order valence-electron chi connectivity index (χ3n) is 2.45. The molecule has 0 aliphatic carbocycles. The molecule has 1 N–H and O–H groups in total. The maximum absolute atomic E-state index is 9.38. The van der Waals surface area contributed by atoms with E-state index < -0.39 is 0 Å². The summed E-state index contributed by atoms with van der Waals surface area (Å²) in [6, 6.07) is 0. The van der Waals surface area contributed by atoms with Crippen molar-refractivity contribution in [3.05, 3.63) is 0 Å². The monoisotopic (exact) mass is 172 g/mol. The van der Waals surface area contributed by atoms with Crippen LogP contribution in [0.15, 0.2) is 0 Å². The lowest BCUT2D eigenvalue weighted by atomic mass is 9.96. The molecular formula is C11H24O. The van der Waals surface area contributed by atoms with E-state index in [-0.39, 0.29) is 6.10 Å². The lowest BCUT2D eigenvalue weighted by Gasteiger charge is -2.14. The molecule has 0 spiro atoms. The molecule has 0 saturated heterocycles. The third-order valence-corrected chi connectivity index (χ3v) is 2.45. The topological polar surface area (TPSA) is 20.2 Å². The Kier molecular flexibility index (Phi) is 7.58. The highest BCUT2D eigenvalue weighted by Gasteiger charge is 2.07. The van der Waals surface area contributed by atoms with Crippen molar-refractivity contribution in [2.75, 3.05) is 0 Å². The fraction of sp³-hybridized carbons (Fsp3) is 1.00. The van der Waals surface area contributed by atoms with Crippen LogP contribution in [0.25, 0.3) is 0 Å². The Morgan fingerprint density at radius 2 is 1.83 bits per heavy atom. The Morgan fingerprint density at radius 3 is 2.33 bits per heavy atom. The first-order valence-corrected chi connectivity index (χ1v) is 5.38. The van der Waals surface area contributed by atoms with Crippen molar-refractivity contribution in [3.8, 4) is 0 Å². The van der Waals surface area contributed by atoms with Gasteiger partial charge in [-0.3, -0.25) is 0 Å². The molecule has 0 aliphatic rings. The molecule has 0 heterocycles. The highest BCUT2D eigenvalue weighted by Crippen LogP contribution is 2.15. The first-order chi connectivity index (χ1) is 5.70. The second-order valence-corrected chi connectivity index (χ2v) is 3.90. The first-order valence-electron chi connectivity index (χ1n) is 5.38. The molecular weight excluding hydrogens is 148 g/mol. The summed E-state index contributed by atoms with van der Waals surface area (Å²) in [6.07, 6.45) is 7.06. The SMILES string of the molecule is CCCCCC(C)C[C@@H](O)CC. The lowest BCUT2D eigenvalue weighted by molar-refractivity contribution is 0.139. The van der Waals surface area contributed by atoms with Crippen LogP contribution < -0.4 is 0 Å². The summed E-state index contributed by atoms with van der Waals surface area (Å²) in [5.41, 5.74) is 0. The zero-order chi connectivity index (χ0) is 9.40. The van der Waals surface area contributed by atoms with E-state index in [9.17, 15) is 5.11 Å². The zero-order valence-corrected chi connectivity index (χ0v) is 8.84. The molecule has 0 bridgehead atoms. The van der Waals surface area contributed by atoms with Gasteiger partial charge in [0.2, 0.25) is 0 Å². The van der Waals surface area contributed by atoms with E-state index in [1.165, 1.54) is 25.7 Å². The maximum Gasteiger partial charge on any atom is 0.0540 e. The first kappa shape index (κ1) is 12.0. The van der Waals surface area contributed by atoms with Gasteiger partial charge in [0, 0.05) is 0 Å². The largest absolute Gasteiger partial charge is 0.393 e. The van der Waals surface area contributed by atoms with Crippen LogP contribution in [0.3, 0.4) is 0 Å². The Morgan fingerprint density at radius 1 is 1.17 bits per heavy atom. The van der Waals surface area contributed by atoms with Crippen LogP contribution in [0.2, 0.25) is 0 Å².